The largest absolute Gasteiger partial charge is 0.469 e. The molecular weight excluding hydrogens is 304 g/mol. The Kier molecular flexibility index (Phi) is 17.8. The number of unbranched alkanes of at least 4 members (excludes halogenated alkanes) is 3. The monoisotopic (exact) mass is 336 g/mol. The lowest BCUT2D eigenvalue weighted by molar-refractivity contribution is -0.140. The van der Waals surface area contributed by atoms with Gasteiger partial charge in [0.05, 0.1) is 7.11 Å². The molecule has 0 aliphatic rings. The molecule has 0 N–H and O–H groups in total. The van der Waals surface area contributed by atoms with Gasteiger partial charge in [0.2, 0.25) is 0 Å². The van der Waals surface area contributed by atoms with E-state index in [4.69, 9.17) is 0 Å². The quantitative estimate of drug-likeness (QED) is 0.163. The number of methoxy groups -OCH3 is 1. The molecule has 0 rings (SSSR count). The van der Waals surface area contributed by atoms with E-state index in [1.165, 1.54) is 32.8 Å². The first-order chi connectivity index (χ1) is 11.3. The van der Waals surface area contributed by atoms with Crippen molar-refractivity contribution in [3.05, 3.63) is 47.9 Å². The van der Waals surface area contributed by atoms with Crippen molar-refractivity contribution in [2.45, 2.75) is 58.3 Å². The molecule has 23 heavy (non-hydrogen) atoms. The van der Waals surface area contributed by atoms with Gasteiger partial charge in [0, 0.05) is 6.42 Å². The molecule has 0 aromatic heterocycles. The van der Waals surface area contributed by atoms with E-state index in [-0.39, 0.29) is 5.97 Å². The van der Waals surface area contributed by atoms with Crippen LogP contribution >= 0.6 is 11.8 Å². The SMILES string of the molecule is CCCCC/C=C/C/C=C/C/C=C/C=C/SCCCC(=O)OC. The summed E-state index contributed by atoms with van der Waals surface area (Å²) in [4.78, 5) is 10.9. The fraction of sp³-hybridized carbons (Fsp3) is 0.550. The van der Waals surface area contributed by atoms with E-state index >= 15 is 0 Å². The second kappa shape index (κ2) is 18.8. The summed E-state index contributed by atoms with van der Waals surface area (Å²) in [7, 11) is 1.43. The summed E-state index contributed by atoms with van der Waals surface area (Å²) in [6.45, 7) is 2.24. The summed E-state index contributed by atoms with van der Waals surface area (Å²) in [6.07, 6.45) is 23.7. The number of hydrogen-bond acceptors (Lipinski definition) is 3. The van der Waals surface area contributed by atoms with E-state index in [9.17, 15) is 4.79 Å². The Hall–Kier alpha value is -1.22. The molecule has 3 heteroatoms. The zero-order valence-electron chi connectivity index (χ0n) is 14.7. The Morgan fingerprint density at radius 3 is 2.43 bits per heavy atom. The number of carbonyl (C=O) groups is 1. The van der Waals surface area contributed by atoms with Crippen LogP contribution in [0.25, 0.3) is 0 Å². The zero-order chi connectivity index (χ0) is 17.0. The average Bonchev–Trinajstić information content (AvgIpc) is 2.57. The lowest BCUT2D eigenvalue weighted by Crippen LogP contribution is -1.99. The van der Waals surface area contributed by atoms with E-state index in [1.807, 2.05) is 6.08 Å². The molecule has 0 atom stereocenters. The van der Waals surface area contributed by atoms with E-state index in [0.717, 1.165) is 25.0 Å². The molecule has 0 saturated carbocycles. The van der Waals surface area contributed by atoms with Crippen LogP contribution in [-0.2, 0) is 9.53 Å². The average molecular weight is 337 g/mol. The number of thioether (sulfide) groups is 1. The summed E-state index contributed by atoms with van der Waals surface area (Å²) in [5, 5.41) is 2.07. The van der Waals surface area contributed by atoms with Gasteiger partial charge in [-0.05, 0) is 43.3 Å². The first-order valence-electron chi connectivity index (χ1n) is 8.61. The van der Waals surface area contributed by atoms with Crippen LogP contribution in [0.2, 0.25) is 0 Å². The number of esters is 1. The summed E-state index contributed by atoms with van der Waals surface area (Å²) in [5.74, 6) is 0.821. The minimum Gasteiger partial charge on any atom is -0.469 e. The first-order valence-corrected chi connectivity index (χ1v) is 9.66. The van der Waals surface area contributed by atoms with Crippen LogP contribution in [0, 0.1) is 0 Å². The number of allylic oxidation sites excluding steroid dienone is 7. The maximum Gasteiger partial charge on any atom is 0.305 e. The normalized spacial score (nSPS) is 12.3. The highest BCUT2D eigenvalue weighted by atomic mass is 32.2. The molecule has 0 spiro atoms. The zero-order valence-corrected chi connectivity index (χ0v) is 15.5. The van der Waals surface area contributed by atoms with Crippen LogP contribution in [0.3, 0.4) is 0 Å². The van der Waals surface area contributed by atoms with Crippen molar-refractivity contribution < 1.29 is 9.53 Å². The minimum absolute atomic E-state index is 0.128. The molecule has 0 amide bonds. The highest BCUT2D eigenvalue weighted by molar-refractivity contribution is 8.02. The van der Waals surface area contributed by atoms with Crippen LogP contribution < -0.4 is 0 Å². The van der Waals surface area contributed by atoms with Gasteiger partial charge in [-0.3, -0.25) is 4.79 Å². The van der Waals surface area contributed by atoms with Crippen LogP contribution in [-0.4, -0.2) is 18.8 Å². The second-order valence-electron chi connectivity index (χ2n) is 5.22. The molecule has 0 saturated heterocycles. The molecule has 0 unspecified atom stereocenters. The van der Waals surface area contributed by atoms with Crippen LogP contribution in [0.1, 0.15) is 58.3 Å². The highest BCUT2D eigenvalue weighted by Gasteiger charge is 1.97. The van der Waals surface area contributed by atoms with Gasteiger partial charge in [-0.25, -0.2) is 0 Å². The molecule has 2 nitrogen and oxygen atoms in total. The third-order valence-electron chi connectivity index (χ3n) is 3.14. The summed E-state index contributed by atoms with van der Waals surface area (Å²) < 4.78 is 4.59. The van der Waals surface area contributed by atoms with E-state index in [0.29, 0.717) is 6.42 Å². The van der Waals surface area contributed by atoms with Crippen molar-refractivity contribution in [2.75, 3.05) is 12.9 Å². The predicted molar refractivity (Wildman–Crippen MR) is 104 cm³/mol. The highest BCUT2D eigenvalue weighted by Crippen LogP contribution is 2.07. The molecule has 0 fully saturated rings. The van der Waals surface area contributed by atoms with Crippen molar-refractivity contribution in [1.82, 2.24) is 0 Å². The standard InChI is InChI=1S/C20H32O2S/c1-3-4-5-6-7-8-9-10-11-12-13-14-15-18-23-19-16-17-20(21)22-2/h7-8,10-11,13-15,18H,3-6,9,12,16-17,19H2,1-2H3/b8-7+,11-10+,14-13+,18-15+. The van der Waals surface area contributed by atoms with Gasteiger partial charge in [-0.15, -0.1) is 11.8 Å². The van der Waals surface area contributed by atoms with E-state index in [1.54, 1.807) is 11.8 Å². The first kappa shape index (κ1) is 21.8. The Labute approximate surface area is 146 Å². The van der Waals surface area contributed by atoms with Gasteiger partial charge in [-0.2, -0.15) is 0 Å². The van der Waals surface area contributed by atoms with Crippen molar-refractivity contribution in [3.8, 4) is 0 Å². The molecule has 0 heterocycles. The lowest BCUT2D eigenvalue weighted by Gasteiger charge is -1.96. The van der Waals surface area contributed by atoms with Gasteiger partial charge in [0.25, 0.3) is 0 Å². The van der Waals surface area contributed by atoms with E-state index < -0.39 is 0 Å². The van der Waals surface area contributed by atoms with Crippen LogP contribution in [0.15, 0.2) is 47.9 Å². The summed E-state index contributed by atoms with van der Waals surface area (Å²) >= 11 is 1.72. The van der Waals surface area contributed by atoms with Gasteiger partial charge < -0.3 is 4.74 Å². The molecule has 0 radical (unpaired) electrons. The Morgan fingerprint density at radius 1 is 0.957 bits per heavy atom. The van der Waals surface area contributed by atoms with Gasteiger partial charge >= 0.3 is 5.97 Å². The number of hydrogen-bond donors (Lipinski definition) is 0. The number of rotatable bonds is 14. The fourth-order valence-electron chi connectivity index (χ4n) is 1.80. The summed E-state index contributed by atoms with van der Waals surface area (Å²) in [5.41, 5.74) is 0. The Morgan fingerprint density at radius 2 is 1.70 bits per heavy atom. The molecule has 130 valence electrons. The number of ether oxygens (including phenoxy) is 1. The molecule has 0 aliphatic carbocycles. The molecule has 0 bridgehead atoms. The minimum atomic E-state index is -0.128. The van der Waals surface area contributed by atoms with Crippen molar-refractivity contribution in [1.29, 1.82) is 0 Å². The molecule has 0 aliphatic heterocycles. The molecule has 0 aromatic carbocycles. The Balaban J connectivity index is 3.43. The smallest absolute Gasteiger partial charge is 0.305 e. The van der Waals surface area contributed by atoms with Crippen LogP contribution in [0.4, 0.5) is 0 Å². The predicted octanol–water partition coefficient (Wildman–Crippen LogP) is 6.22. The van der Waals surface area contributed by atoms with Crippen molar-refractivity contribution in [2.24, 2.45) is 0 Å². The Bertz CT molecular complexity index is 381. The van der Waals surface area contributed by atoms with Gasteiger partial charge in [-0.1, -0.05) is 62.3 Å². The maximum atomic E-state index is 10.9. The van der Waals surface area contributed by atoms with E-state index in [2.05, 4.69) is 53.5 Å². The third kappa shape index (κ3) is 18.7. The molecular formula is C20H32O2S. The second-order valence-corrected chi connectivity index (χ2v) is 6.23. The molecule has 0 aromatic rings. The number of carbonyl (C=O) groups excluding carboxylic acids is 1. The van der Waals surface area contributed by atoms with Crippen molar-refractivity contribution >= 4 is 17.7 Å². The summed E-state index contributed by atoms with van der Waals surface area (Å²) in [6, 6.07) is 0. The third-order valence-corrected chi connectivity index (χ3v) is 4.02. The lowest BCUT2D eigenvalue weighted by atomic mass is 10.2. The van der Waals surface area contributed by atoms with Gasteiger partial charge in [0.1, 0.15) is 0 Å². The topological polar surface area (TPSA) is 26.3 Å². The van der Waals surface area contributed by atoms with Crippen LogP contribution in [0.5, 0.6) is 0 Å². The van der Waals surface area contributed by atoms with Crippen molar-refractivity contribution in [3.63, 3.8) is 0 Å². The fourth-order valence-corrected chi connectivity index (χ4v) is 2.45. The maximum absolute atomic E-state index is 10.9. The van der Waals surface area contributed by atoms with Gasteiger partial charge in [0.15, 0.2) is 0 Å².